The molecular formula is C18H27N3O2. The van der Waals surface area contributed by atoms with Gasteiger partial charge in [-0.25, -0.2) is 4.79 Å². The zero-order valence-corrected chi connectivity index (χ0v) is 14.4. The molecule has 0 spiro atoms. The van der Waals surface area contributed by atoms with Crippen LogP contribution in [0.5, 0.6) is 0 Å². The van der Waals surface area contributed by atoms with Gasteiger partial charge in [-0.1, -0.05) is 52.0 Å². The zero-order chi connectivity index (χ0) is 17.0. The van der Waals surface area contributed by atoms with Crippen LogP contribution in [0.3, 0.4) is 0 Å². The number of nitrogens with zero attached hydrogens (tertiary/aromatic N) is 1. The Morgan fingerprint density at radius 3 is 2.26 bits per heavy atom. The Kier molecular flexibility index (Phi) is 5.77. The van der Waals surface area contributed by atoms with Crippen LogP contribution in [0.2, 0.25) is 0 Å². The molecule has 1 aliphatic rings. The van der Waals surface area contributed by atoms with Crippen molar-refractivity contribution in [2.24, 2.45) is 5.92 Å². The Bertz CT molecular complexity index is 552. The molecule has 5 nitrogen and oxygen atoms in total. The Hall–Kier alpha value is -1.88. The van der Waals surface area contributed by atoms with Crippen molar-refractivity contribution in [2.75, 3.05) is 19.6 Å². The van der Waals surface area contributed by atoms with Gasteiger partial charge in [0, 0.05) is 19.1 Å². The Balaban J connectivity index is 2.01. The highest BCUT2D eigenvalue weighted by molar-refractivity contribution is 5.96. The number of rotatable bonds is 6. The van der Waals surface area contributed by atoms with Gasteiger partial charge in [-0.05, 0) is 23.0 Å². The number of benzene rings is 1. The molecule has 5 heteroatoms. The largest absolute Gasteiger partial charge is 0.336 e. The van der Waals surface area contributed by atoms with Gasteiger partial charge in [0.25, 0.3) is 0 Å². The molecule has 0 saturated carbocycles. The summed E-state index contributed by atoms with van der Waals surface area (Å²) in [6, 6.07) is 8.34. The highest BCUT2D eigenvalue weighted by Crippen LogP contribution is 2.24. The van der Waals surface area contributed by atoms with Gasteiger partial charge in [0.1, 0.15) is 0 Å². The molecule has 1 saturated heterocycles. The third-order valence-electron chi connectivity index (χ3n) is 4.26. The van der Waals surface area contributed by atoms with Crippen molar-refractivity contribution in [2.45, 2.75) is 39.7 Å². The van der Waals surface area contributed by atoms with Crippen molar-refractivity contribution in [3.05, 3.63) is 35.4 Å². The second-order valence-electron chi connectivity index (χ2n) is 6.70. The van der Waals surface area contributed by atoms with Crippen LogP contribution in [0, 0.1) is 5.92 Å². The molecule has 0 aliphatic carbocycles. The third kappa shape index (κ3) is 4.32. The summed E-state index contributed by atoms with van der Waals surface area (Å²) in [4.78, 5) is 25.0. The van der Waals surface area contributed by atoms with Gasteiger partial charge in [0.05, 0.1) is 6.54 Å². The second-order valence-corrected chi connectivity index (χ2v) is 6.70. The summed E-state index contributed by atoms with van der Waals surface area (Å²) in [7, 11) is 0. The maximum absolute atomic E-state index is 12.2. The summed E-state index contributed by atoms with van der Waals surface area (Å²) in [6.45, 7) is 9.76. The predicted molar refractivity (Wildman–Crippen MR) is 91.2 cm³/mol. The van der Waals surface area contributed by atoms with E-state index in [-0.39, 0.29) is 24.5 Å². The van der Waals surface area contributed by atoms with E-state index in [1.807, 2.05) is 0 Å². The molecule has 23 heavy (non-hydrogen) atoms. The van der Waals surface area contributed by atoms with E-state index in [2.05, 4.69) is 62.6 Å². The van der Waals surface area contributed by atoms with Crippen LogP contribution in [-0.4, -0.2) is 36.5 Å². The Labute approximate surface area is 138 Å². The number of hydrogen-bond donors (Lipinski definition) is 2. The number of hydrogen-bond acceptors (Lipinski definition) is 3. The van der Waals surface area contributed by atoms with E-state index in [4.69, 9.17) is 0 Å². The molecule has 0 radical (unpaired) electrons. The van der Waals surface area contributed by atoms with Crippen molar-refractivity contribution in [1.29, 1.82) is 0 Å². The number of carbonyl (C=O) groups excluding carboxylic acids is 2. The van der Waals surface area contributed by atoms with E-state index in [0.717, 1.165) is 0 Å². The maximum Gasteiger partial charge on any atom is 0.324 e. The van der Waals surface area contributed by atoms with Crippen LogP contribution in [0.15, 0.2) is 24.3 Å². The van der Waals surface area contributed by atoms with Crippen LogP contribution in [0.25, 0.3) is 0 Å². The molecule has 3 amide bonds. The smallest absolute Gasteiger partial charge is 0.324 e. The molecule has 0 bridgehead atoms. The third-order valence-corrected chi connectivity index (χ3v) is 4.26. The lowest BCUT2D eigenvalue weighted by Crippen LogP contribution is -2.41. The molecular weight excluding hydrogens is 290 g/mol. The van der Waals surface area contributed by atoms with Crippen LogP contribution in [0.1, 0.15) is 50.8 Å². The summed E-state index contributed by atoms with van der Waals surface area (Å²) >= 11 is 0. The fourth-order valence-electron chi connectivity index (χ4n) is 2.83. The minimum absolute atomic E-state index is 0.0887. The SMILES string of the molecule is CC(C)c1ccc([C@@H](NCC(=O)N2CCNC2=O)C(C)C)cc1. The highest BCUT2D eigenvalue weighted by atomic mass is 16.2. The summed E-state index contributed by atoms with van der Waals surface area (Å²) in [5.41, 5.74) is 2.48. The van der Waals surface area contributed by atoms with E-state index in [0.29, 0.717) is 24.9 Å². The Morgan fingerprint density at radius 2 is 1.78 bits per heavy atom. The zero-order valence-electron chi connectivity index (χ0n) is 14.4. The molecule has 126 valence electrons. The fraction of sp³-hybridized carbons (Fsp3) is 0.556. The van der Waals surface area contributed by atoms with Crippen LogP contribution in [0.4, 0.5) is 4.79 Å². The summed E-state index contributed by atoms with van der Waals surface area (Å²) in [5, 5.41) is 5.96. The van der Waals surface area contributed by atoms with E-state index in [1.54, 1.807) is 0 Å². The Morgan fingerprint density at radius 1 is 1.17 bits per heavy atom. The van der Waals surface area contributed by atoms with Gasteiger partial charge < -0.3 is 10.6 Å². The standard InChI is InChI=1S/C18H27N3O2/c1-12(2)14-5-7-15(8-6-14)17(13(3)4)20-11-16(22)21-10-9-19-18(21)23/h5-8,12-13,17,20H,9-11H2,1-4H3,(H,19,23)/t17-/m0/s1. The lowest BCUT2D eigenvalue weighted by atomic mass is 9.93. The lowest BCUT2D eigenvalue weighted by molar-refractivity contribution is -0.126. The molecule has 1 atom stereocenters. The summed E-state index contributed by atoms with van der Waals surface area (Å²) in [5.74, 6) is 0.675. The van der Waals surface area contributed by atoms with Gasteiger partial charge >= 0.3 is 6.03 Å². The minimum Gasteiger partial charge on any atom is -0.336 e. The monoisotopic (exact) mass is 317 g/mol. The normalized spacial score (nSPS) is 16.1. The first kappa shape index (κ1) is 17.5. The van der Waals surface area contributed by atoms with Crippen molar-refractivity contribution in [1.82, 2.24) is 15.5 Å². The number of nitrogens with one attached hydrogen (secondary N) is 2. The molecule has 1 aromatic rings. The van der Waals surface area contributed by atoms with E-state index >= 15 is 0 Å². The summed E-state index contributed by atoms with van der Waals surface area (Å²) in [6.07, 6.45) is 0. The molecule has 1 aliphatic heterocycles. The average molecular weight is 317 g/mol. The van der Waals surface area contributed by atoms with Crippen molar-refractivity contribution < 1.29 is 9.59 Å². The van der Waals surface area contributed by atoms with Gasteiger partial charge in [-0.2, -0.15) is 0 Å². The first-order chi connectivity index (χ1) is 10.9. The van der Waals surface area contributed by atoms with Crippen molar-refractivity contribution in [3.8, 4) is 0 Å². The lowest BCUT2D eigenvalue weighted by Gasteiger charge is -2.24. The molecule has 1 fully saturated rings. The second kappa shape index (κ2) is 7.59. The topological polar surface area (TPSA) is 61.4 Å². The number of amides is 3. The number of carbonyl (C=O) groups is 2. The molecule has 0 aromatic heterocycles. The van der Waals surface area contributed by atoms with E-state index < -0.39 is 0 Å². The van der Waals surface area contributed by atoms with Crippen LogP contribution >= 0.6 is 0 Å². The van der Waals surface area contributed by atoms with Gasteiger partial charge in [-0.3, -0.25) is 9.69 Å². The van der Waals surface area contributed by atoms with E-state index in [9.17, 15) is 9.59 Å². The minimum atomic E-state index is -0.292. The molecule has 1 aromatic carbocycles. The van der Waals surface area contributed by atoms with Gasteiger partial charge in [-0.15, -0.1) is 0 Å². The quantitative estimate of drug-likeness (QED) is 0.848. The molecule has 0 unspecified atom stereocenters. The first-order valence-electron chi connectivity index (χ1n) is 8.31. The number of imide groups is 1. The first-order valence-corrected chi connectivity index (χ1v) is 8.31. The van der Waals surface area contributed by atoms with Crippen LogP contribution in [-0.2, 0) is 4.79 Å². The average Bonchev–Trinajstić information content (AvgIpc) is 2.93. The van der Waals surface area contributed by atoms with E-state index in [1.165, 1.54) is 16.0 Å². The van der Waals surface area contributed by atoms with Gasteiger partial charge in [0.15, 0.2) is 0 Å². The fourth-order valence-corrected chi connectivity index (χ4v) is 2.83. The van der Waals surface area contributed by atoms with Crippen molar-refractivity contribution in [3.63, 3.8) is 0 Å². The number of urea groups is 1. The predicted octanol–water partition coefficient (Wildman–Crippen LogP) is 2.65. The molecule has 2 rings (SSSR count). The molecule has 2 N–H and O–H groups in total. The van der Waals surface area contributed by atoms with Crippen molar-refractivity contribution >= 4 is 11.9 Å². The van der Waals surface area contributed by atoms with Crippen LogP contribution < -0.4 is 10.6 Å². The highest BCUT2D eigenvalue weighted by Gasteiger charge is 2.26. The van der Waals surface area contributed by atoms with Gasteiger partial charge in [0.2, 0.25) is 5.91 Å². The molecule has 1 heterocycles. The maximum atomic E-state index is 12.2. The summed E-state index contributed by atoms with van der Waals surface area (Å²) < 4.78 is 0.